The fourth-order valence-corrected chi connectivity index (χ4v) is 2.94. The fraction of sp³-hybridized carbons (Fsp3) is 0.211. The second-order valence-electron chi connectivity index (χ2n) is 6.25. The van der Waals surface area contributed by atoms with Crippen LogP contribution in [0.1, 0.15) is 22.3 Å². The Bertz CT molecular complexity index is 1040. The minimum Gasteiger partial charge on any atom is -0.475 e. The predicted molar refractivity (Wildman–Crippen MR) is 93.5 cm³/mol. The van der Waals surface area contributed by atoms with Gasteiger partial charge in [0.1, 0.15) is 12.4 Å². The van der Waals surface area contributed by atoms with E-state index in [1.165, 1.54) is 10.9 Å². The van der Waals surface area contributed by atoms with E-state index >= 15 is 0 Å². The molecule has 0 atom stereocenters. The fourth-order valence-electron chi connectivity index (χ4n) is 2.94. The van der Waals surface area contributed by atoms with Crippen LogP contribution in [0.2, 0.25) is 0 Å². The Balaban J connectivity index is 1.65. The van der Waals surface area contributed by atoms with E-state index in [1.54, 1.807) is 24.5 Å². The Morgan fingerprint density at radius 1 is 1.11 bits per heavy atom. The molecule has 0 amide bonds. The van der Waals surface area contributed by atoms with Crippen molar-refractivity contribution in [1.82, 2.24) is 14.8 Å². The van der Waals surface area contributed by atoms with Crippen molar-refractivity contribution in [3.05, 3.63) is 70.8 Å². The van der Waals surface area contributed by atoms with Crippen LogP contribution in [-0.2, 0) is 12.6 Å². The van der Waals surface area contributed by atoms with Crippen molar-refractivity contribution in [2.75, 3.05) is 13.2 Å². The third-order valence-electron chi connectivity index (χ3n) is 4.16. The van der Waals surface area contributed by atoms with Crippen molar-refractivity contribution < 1.29 is 22.3 Å². The van der Waals surface area contributed by atoms with E-state index in [-0.39, 0.29) is 12.0 Å². The highest BCUT2D eigenvalue weighted by atomic mass is 19.4. The molecule has 3 heterocycles. The molecule has 0 aliphatic carbocycles. The first kappa shape index (κ1) is 18.1. The van der Waals surface area contributed by atoms with Crippen molar-refractivity contribution in [3.8, 4) is 11.7 Å². The molecule has 0 bridgehead atoms. The lowest BCUT2D eigenvalue weighted by atomic mass is 10.0. The zero-order valence-corrected chi connectivity index (χ0v) is 14.4. The van der Waals surface area contributed by atoms with Crippen LogP contribution in [0.4, 0.5) is 17.6 Å². The van der Waals surface area contributed by atoms with Gasteiger partial charge in [-0.15, -0.1) is 0 Å². The lowest BCUT2D eigenvalue weighted by Gasteiger charge is -2.11. The maximum Gasteiger partial charge on any atom is 0.416 e. The summed E-state index contributed by atoms with van der Waals surface area (Å²) in [6.45, 7) is 0.932. The molecule has 144 valence electrons. The minimum atomic E-state index is -4.61. The average Bonchev–Trinajstić information content (AvgIpc) is 2.89. The van der Waals surface area contributed by atoms with E-state index in [0.29, 0.717) is 42.0 Å². The third kappa shape index (κ3) is 3.73. The molecule has 0 N–H and O–H groups in total. The maximum absolute atomic E-state index is 13.6. The van der Waals surface area contributed by atoms with Gasteiger partial charge in [0.15, 0.2) is 5.82 Å². The molecule has 9 heteroatoms. The van der Waals surface area contributed by atoms with E-state index in [9.17, 15) is 17.6 Å². The van der Waals surface area contributed by atoms with Crippen molar-refractivity contribution in [2.45, 2.75) is 12.6 Å². The van der Waals surface area contributed by atoms with Crippen LogP contribution in [0.25, 0.3) is 5.82 Å². The van der Waals surface area contributed by atoms with E-state index < -0.39 is 17.6 Å². The second-order valence-corrected chi connectivity index (χ2v) is 6.25. The van der Waals surface area contributed by atoms with Crippen molar-refractivity contribution in [2.24, 2.45) is 4.99 Å². The van der Waals surface area contributed by atoms with Gasteiger partial charge >= 0.3 is 6.18 Å². The summed E-state index contributed by atoms with van der Waals surface area (Å²) in [5.41, 5.74) is 0.578. The first-order valence-electron chi connectivity index (χ1n) is 8.43. The van der Waals surface area contributed by atoms with Gasteiger partial charge < -0.3 is 4.74 Å². The van der Waals surface area contributed by atoms with Crippen LogP contribution in [-0.4, -0.2) is 34.1 Å². The van der Waals surface area contributed by atoms with Gasteiger partial charge in [0.25, 0.3) is 0 Å². The maximum atomic E-state index is 13.6. The standard InChI is InChI=1S/C19H14F4N4O/c20-16-7-13(6-15(9-16)19(21,22)23)5-12-1-2-25-17(8-12)27-18-14(11-26-27)10-24-3-4-28-18/h1-2,6-11H,3-5H2. The van der Waals surface area contributed by atoms with Crippen LogP contribution in [0.5, 0.6) is 5.88 Å². The monoisotopic (exact) mass is 390 g/mol. The molecule has 0 unspecified atom stereocenters. The van der Waals surface area contributed by atoms with Gasteiger partial charge in [-0.1, -0.05) is 0 Å². The van der Waals surface area contributed by atoms with Crippen LogP contribution in [0, 0.1) is 5.82 Å². The molecular formula is C19H14F4N4O. The number of ether oxygens (including phenoxy) is 1. The van der Waals surface area contributed by atoms with Crippen LogP contribution in [0.15, 0.2) is 47.7 Å². The number of hydrogen-bond donors (Lipinski definition) is 0. The Morgan fingerprint density at radius 2 is 1.96 bits per heavy atom. The SMILES string of the molecule is Fc1cc(Cc2ccnc(-n3ncc4c3OCCN=C4)c2)cc(C(F)(F)F)c1. The largest absolute Gasteiger partial charge is 0.475 e. The van der Waals surface area contributed by atoms with Gasteiger partial charge in [-0.25, -0.2) is 9.37 Å². The smallest absolute Gasteiger partial charge is 0.416 e. The summed E-state index contributed by atoms with van der Waals surface area (Å²) in [5, 5.41) is 4.25. The highest BCUT2D eigenvalue weighted by molar-refractivity contribution is 5.83. The number of hydrogen-bond acceptors (Lipinski definition) is 4. The first-order chi connectivity index (χ1) is 13.4. The Hall–Kier alpha value is -3.23. The molecule has 2 aromatic heterocycles. The Morgan fingerprint density at radius 3 is 2.79 bits per heavy atom. The van der Waals surface area contributed by atoms with Crippen LogP contribution in [0.3, 0.4) is 0 Å². The van der Waals surface area contributed by atoms with Gasteiger partial charge in [-0.2, -0.15) is 23.0 Å². The van der Waals surface area contributed by atoms with Crippen molar-refractivity contribution in [3.63, 3.8) is 0 Å². The molecule has 1 aliphatic heterocycles. The number of fused-ring (bicyclic) bond motifs is 1. The van der Waals surface area contributed by atoms with Gasteiger partial charge in [-0.05, 0) is 47.9 Å². The molecule has 0 saturated carbocycles. The molecule has 28 heavy (non-hydrogen) atoms. The number of pyridine rings is 1. The summed E-state index contributed by atoms with van der Waals surface area (Å²) >= 11 is 0. The van der Waals surface area contributed by atoms with E-state index in [2.05, 4.69) is 15.1 Å². The number of nitrogens with zero attached hydrogens (tertiary/aromatic N) is 4. The highest BCUT2D eigenvalue weighted by Crippen LogP contribution is 2.31. The first-order valence-corrected chi connectivity index (χ1v) is 8.43. The number of aliphatic imine (C=N–C) groups is 1. The zero-order chi connectivity index (χ0) is 19.7. The number of alkyl halides is 3. The van der Waals surface area contributed by atoms with Crippen molar-refractivity contribution in [1.29, 1.82) is 0 Å². The molecule has 3 aromatic rings. The normalized spacial score (nSPS) is 13.7. The topological polar surface area (TPSA) is 52.3 Å². The average molecular weight is 390 g/mol. The Labute approximate surface area is 157 Å². The summed E-state index contributed by atoms with van der Waals surface area (Å²) in [6, 6.07) is 5.86. The summed E-state index contributed by atoms with van der Waals surface area (Å²) in [4.78, 5) is 8.44. The molecule has 4 rings (SSSR count). The van der Waals surface area contributed by atoms with E-state index in [0.717, 1.165) is 12.1 Å². The highest BCUT2D eigenvalue weighted by Gasteiger charge is 2.31. The molecule has 1 aromatic carbocycles. The number of aromatic nitrogens is 3. The lowest BCUT2D eigenvalue weighted by molar-refractivity contribution is -0.137. The van der Waals surface area contributed by atoms with Crippen LogP contribution < -0.4 is 4.74 Å². The van der Waals surface area contributed by atoms with Gasteiger partial charge in [0.2, 0.25) is 5.88 Å². The molecule has 1 aliphatic rings. The quantitative estimate of drug-likeness (QED) is 0.639. The predicted octanol–water partition coefficient (Wildman–Crippen LogP) is 3.83. The van der Waals surface area contributed by atoms with E-state index in [1.807, 2.05) is 0 Å². The number of benzene rings is 1. The molecule has 0 radical (unpaired) electrons. The van der Waals surface area contributed by atoms with Crippen molar-refractivity contribution >= 4 is 6.21 Å². The van der Waals surface area contributed by atoms with Gasteiger partial charge in [-0.3, -0.25) is 4.99 Å². The third-order valence-corrected chi connectivity index (χ3v) is 4.16. The summed E-state index contributed by atoms with van der Waals surface area (Å²) in [5.74, 6) is 0.0155. The number of halogens is 4. The Kier molecular flexibility index (Phi) is 4.58. The summed E-state index contributed by atoms with van der Waals surface area (Å²) in [7, 11) is 0. The van der Waals surface area contributed by atoms with E-state index in [4.69, 9.17) is 4.74 Å². The molecular weight excluding hydrogens is 376 g/mol. The van der Waals surface area contributed by atoms with Gasteiger partial charge in [0.05, 0.1) is 23.9 Å². The molecule has 0 fully saturated rings. The molecule has 5 nitrogen and oxygen atoms in total. The summed E-state index contributed by atoms with van der Waals surface area (Å²) < 4.78 is 59.6. The number of rotatable bonds is 3. The minimum absolute atomic E-state index is 0.113. The zero-order valence-electron chi connectivity index (χ0n) is 14.4. The second kappa shape index (κ2) is 7.06. The summed E-state index contributed by atoms with van der Waals surface area (Å²) in [6.07, 6.45) is 0.295. The molecule has 0 spiro atoms. The van der Waals surface area contributed by atoms with Crippen LogP contribution >= 0.6 is 0 Å². The molecule has 0 saturated heterocycles. The van der Waals surface area contributed by atoms with Gasteiger partial charge in [0, 0.05) is 12.4 Å². The lowest BCUT2D eigenvalue weighted by Crippen LogP contribution is -2.08.